The average Bonchev–Trinajstić information content (AvgIpc) is 2.83. The summed E-state index contributed by atoms with van der Waals surface area (Å²) in [6.45, 7) is 3.41. The number of carbonyl (C=O) groups is 3. The second kappa shape index (κ2) is 10.9. The van der Waals surface area contributed by atoms with Gasteiger partial charge >= 0.3 is 11.9 Å². The highest BCUT2D eigenvalue weighted by Crippen LogP contribution is 2.38. The molecule has 0 heterocycles. The third-order valence-electron chi connectivity index (χ3n) is 4.53. The Bertz CT molecular complexity index is 520. The van der Waals surface area contributed by atoms with E-state index in [1.165, 1.54) is 6.92 Å². The highest BCUT2D eigenvalue weighted by atomic mass is 16.6. The van der Waals surface area contributed by atoms with Crippen molar-refractivity contribution in [3.05, 3.63) is 24.3 Å². The number of esters is 1. The Balaban J connectivity index is 2.57. The summed E-state index contributed by atoms with van der Waals surface area (Å²) in [5.41, 5.74) is -0.831. The van der Waals surface area contributed by atoms with Crippen LogP contribution in [-0.4, -0.2) is 28.4 Å². The van der Waals surface area contributed by atoms with E-state index < -0.39 is 11.6 Å². The summed E-state index contributed by atoms with van der Waals surface area (Å²) < 4.78 is 5.61. The van der Waals surface area contributed by atoms with Crippen LogP contribution in [0.3, 0.4) is 0 Å². The molecule has 0 aromatic carbocycles. The number of ketones is 1. The molecule has 0 bridgehead atoms. The van der Waals surface area contributed by atoms with E-state index in [4.69, 9.17) is 9.84 Å². The second-order valence-corrected chi connectivity index (χ2v) is 6.61. The normalized spacial score (nSPS) is 22.6. The number of allylic oxidation sites excluding steroid dienone is 3. The molecule has 0 saturated heterocycles. The third-order valence-corrected chi connectivity index (χ3v) is 4.53. The lowest BCUT2D eigenvalue weighted by Gasteiger charge is -2.33. The van der Waals surface area contributed by atoms with Crippen molar-refractivity contribution in [1.29, 1.82) is 0 Å². The maximum Gasteiger partial charge on any atom is 0.303 e. The van der Waals surface area contributed by atoms with E-state index in [1.807, 2.05) is 19.1 Å². The molecule has 1 N–H and O–H groups in total. The van der Waals surface area contributed by atoms with Crippen molar-refractivity contribution in [2.75, 3.05) is 0 Å². The topological polar surface area (TPSA) is 80.7 Å². The van der Waals surface area contributed by atoms with Gasteiger partial charge in [0.1, 0.15) is 5.60 Å². The smallest absolute Gasteiger partial charge is 0.303 e. The number of carboxylic acid groups (broad SMARTS) is 1. The van der Waals surface area contributed by atoms with Gasteiger partial charge in [-0.3, -0.25) is 14.4 Å². The Labute approximate surface area is 150 Å². The molecular weight excluding hydrogens is 320 g/mol. The molecule has 0 spiro atoms. The van der Waals surface area contributed by atoms with Crippen molar-refractivity contribution in [3.8, 4) is 0 Å². The maximum atomic E-state index is 12.2. The van der Waals surface area contributed by atoms with E-state index >= 15 is 0 Å². The molecule has 1 rings (SSSR count). The molecular formula is C20H30O5. The fourth-order valence-electron chi connectivity index (χ4n) is 3.30. The van der Waals surface area contributed by atoms with E-state index in [1.54, 1.807) is 12.2 Å². The lowest BCUT2D eigenvalue weighted by molar-refractivity contribution is -0.158. The predicted octanol–water partition coefficient (Wildman–Crippen LogP) is 4.22. The highest BCUT2D eigenvalue weighted by Gasteiger charge is 2.45. The van der Waals surface area contributed by atoms with Gasteiger partial charge in [-0.25, -0.2) is 0 Å². The maximum absolute atomic E-state index is 12.2. The van der Waals surface area contributed by atoms with Gasteiger partial charge in [0, 0.05) is 13.3 Å². The number of rotatable bonds is 12. The Kier molecular flexibility index (Phi) is 9.17. The molecule has 140 valence electrons. The number of unbranched alkanes of at least 4 members (excludes halogenated alkanes) is 4. The summed E-state index contributed by atoms with van der Waals surface area (Å²) in [5.74, 6) is -1.45. The fraction of sp³-hybridized carbons (Fsp3) is 0.650. The van der Waals surface area contributed by atoms with Crippen molar-refractivity contribution in [2.24, 2.45) is 5.92 Å². The van der Waals surface area contributed by atoms with Crippen LogP contribution in [0.1, 0.15) is 71.6 Å². The zero-order chi connectivity index (χ0) is 18.7. The van der Waals surface area contributed by atoms with Gasteiger partial charge in [0.15, 0.2) is 5.78 Å². The van der Waals surface area contributed by atoms with Crippen molar-refractivity contribution < 1.29 is 24.2 Å². The molecule has 5 nitrogen and oxygen atoms in total. The van der Waals surface area contributed by atoms with E-state index in [2.05, 4.69) is 0 Å². The van der Waals surface area contributed by atoms with Crippen LogP contribution in [0.5, 0.6) is 0 Å². The molecule has 2 atom stereocenters. The molecule has 0 saturated carbocycles. The first kappa shape index (κ1) is 21.1. The number of carboxylic acids is 1. The van der Waals surface area contributed by atoms with Crippen molar-refractivity contribution in [2.45, 2.75) is 77.2 Å². The molecule has 0 aromatic rings. The third kappa shape index (κ3) is 7.24. The zero-order valence-electron chi connectivity index (χ0n) is 15.3. The molecule has 0 radical (unpaired) electrons. The average molecular weight is 350 g/mol. The standard InChI is InChI=1S/C20H30O5/c1-3-4-8-11-17-18(22)13-15-20(17,25-16(2)21)14-10-7-5-6-9-12-19(23)24/h4,8,13,15,17H,3,5-7,9-12,14H2,1-2H3,(H,23,24)/b8-4-/t17-,20-/m1/s1. The summed E-state index contributed by atoms with van der Waals surface area (Å²) in [5, 5.41) is 8.63. The number of hydrogen-bond donors (Lipinski definition) is 1. The Hall–Kier alpha value is -1.91. The van der Waals surface area contributed by atoms with Gasteiger partial charge in [0.05, 0.1) is 5.92 Å². The molecule has 0 unspecified atom stereocenters. The van der Waals surface area contributed by atoms with E-state index in [-0.39, 0.29) is 24.1 Å². The zero-order valence-corrected chi connectivity index (χ0v) is 15.3. The van der Waals surface area contributed by atoms with Crippen molar-refractivity contribution in [3.63, 3.8) is 0 Å². The summed E-state index contributed by atoms with van der Waals surface area (Å²) in [4.78, 5) is 34.3. The molecule has 5 heteroatoms. The Morgan fingerprint density at radius 2 is 1.88 bits per heavy atom. The lowest BCUT2D eigenvalue weighted by atomic mass is 9.82. The van der Waals surface area contributed by atoms with Crippen LogP contribution >= 0.6 is 0 Å². The Morgan fingerprint density at radius 1 is 1.20 bits per heavy atom. The van der Waals surface area contributed by atoms with Crippen LogP contribution in [0.4, 0.5) is 0 Å². The fourth-order valence-corrected chi connectivity index (χ4v) is 3.30. The van der Waals surface area contributed by atoms with Gasteiger partial charge in [-0.1, -0.05) is 38.3 Å². The molecule has 25 heavy (non-hydrogen) atoms. The van der Waals surface area contributed by atoms with Crippen molar-refractivity contribution in [1.82, 2.24) is 0 Å². The first-order chi connectivity index (χ1) is 11.9. The molecule has 1 aliphatic rings. The van der Waals surface area contributed by atoms with Gasteiger partial charge in [-0.15, -0.1) is 0 Å². The predicted molar refractivity (Wildman–Crippen MR) is 96.1 cm³/mol. The summed E-state index contributed by atoms with van der Waals surface area (Å²) in [6, 6.07) is 0. The molecule has 0 aliphatic heterocycles. The molecule has 0 amide bonds. The lowest BCUT2D eigenvalue weighted by Crippen LogP contribution is -2.40. The number of carbonyl (C=O) groups excluding carboxylic acids is 2. The quantitative estimate of drug-likeness (QED) is 0.324. The second-order valence-electron chi connectivity index (χ2n) is 6.61. The number of ether oxygens (including phenoxy) is 1. The minimum Gasteiger partial charge on any atom is -0.481 e. The van der Waals surface area contributed by atoms with Crippen LogP contribution in [0, 0.1) is 5.92 Å². The first-order valence-electron chi connectivity index (χ1n) is 9.20. The van der Waals surface area contributed by atoms with Gasteiger partial charge in [-0.2, -0.15) is 0 Å². The SMILES string of the molecule is CC/C=C\C[C@@H]1C(=O)C=C[C@@]1(CCCCCCCC(=O)O)OC(C)=O. The minimum atomic E-state index is -0.831. The molecule has 0 aromatic heterocycles. The van der Waals surface area contributed by atoms with Crippen LogP contribution in [0.25, 0.3) is 0 Å². The van der Waals surface area contributed by atoms with E-state index in [9.17, 15) is 14.4 Å². The molecule has 0 fully saturated rings. The number of hydrogen-bond acceptors (Lipinski definition) is 4. The van der Waals surface area contributed by atoms with Crippen LogP contribution in [0.15, 0.2) is 24.3 Å². The van der Waals surface area contributed by atoms with Crippen LogP contribution in [-0.2, 0) is 19.1 Å². The Morgan fingerprint density at radius 3 is 2.52 bits per heavy atom. The van der Waals surface area contributed by atoms with Crippen LogP contribution < -0.4 is 0 Å². The van der Waals surface area contributed by atoms with Gasteiger partial charge in [0.2, 0.25) is 0 Å². The van der Waals surface area contributed by atoms with E-state index in [0.29, 0.717) is 19.3 Å². The van der Waals surface area contributed by atoms with Gasteiger partial charge in [-0.05, 0) is 44.3 Å². The first-order valence-corrected chi connectivity index (χ1v) is 9.20. The largest absolute Gasteiger partial charge is 0.481 e. The van der Waals surface area contributed by atoms with Gasteiger partial charge in [0.25, 0.3) is 0 Å². The summed E-state index contributed by atoms with van der Waals surface area (Å²) in [6.07, 6.45) is 13.9. The highest BCUT2D eigenvalue weighted by molar-refractivity contribution is 5.96. The van der Waals surface area contributed by atoms with Gasteiger partial charge < -0.3 is 9.84 Å². The summed E-state index contributed by atoms with van der Waals surface area (Å²) in [7, 11) is 0. The van der Waals surface area contributed by atoms with E-state index in [0.717, 1.165) is 32.1 Å². The number of aliphatic carboxylic acids is 1. The monoisotopic (exact) mass is 350 g/mol. The van der Waals surface area contributed by atoms with Crippen molar-refractivity contribution >= 4 is 17.7 Å². The minimum absolute atomic E-state index is 0.0171. The summed E-state index contributed by atoms with van der Waals surface area (Å²) >= 11 is 0. The molecule has 1 aliphatic carbocycles. The van der Waals surface area contributed by atoms with Crippen LogP contribution in [0.2, 0.25) is 0 Å².